The van der Waals surface area contributed by atoms with E-state index in [1.165, 1.54) is 5.56 Å². The number of guanidine groups is 1. The summed E-state index contributed by atoms with van der Waals surface area (Å²) in [6, 6.07) is 13.0. The molecule has 0 unspecified atom stereocenters. The number of rotatable bonds is 6. The van der Waals surface area contributed by atoms with E-state index in [0.29, 0.717) is 6.04 Å². The molecule has 2 heterocycles. The zero-order valence-corrected chi connectivity index (χ0v) is 18.0. The quantitative estimate of drug-likeness (QED) is 0.581. The molecule has 3 rings (SSSR count). The molecule has 0 bridgehead atoms. The molecule has 1 aromatic heterocycles. The van der Waals surface area contributed by atoms with E-state index in [2.05, 4.69) is 62.8 Å². The summed E-state index contributed by atoms with van der Waals surface area (Å²) in [5.41, 5.74) is 3.49. The summed E-state index contributed by atoms with van der Waals surface area (Å²) in [6.07, 6.45) is 3.08. The topological polar surface area (TPSA) is 61.8 Å². The van der Waals surface area contributed by atoms with Crippen molar-refractivity contribution in [1.82, 2.24) is 15.6 Å². The Morgan fingerprint density at radius 2 is 2.00 bits per heavy atom. The molecule has 0 saturated carbocycles. The molecule has 2 aromatic rings. The van der Waals surface area contributed by atoms with Gasteiger partial charge in [0.05, 0.1) is 7.11 Å². The molecule has 0 aliphatic carbocycles. The van der Waals surface area contributed by atoms with E-state index in [-0.39, 0.29) is 0 Å². The van der Waals surface area contributed by atoms with Gasteiger partial charge < -0.3 is 20.3 Å². The second kappa shape index (κ2) is 10.1. The van der Waals surface area contributed by atoms with Crippen LogP contribution in [-0.2, 0) is 6.42 Å². The summed E-state index contributed by atoms with van der Waals surface area (Å²) >= 11 is 0. The van der Waals surface area contributed by atoms with Gasteiger partial charge in [0, 0.05) is 38.4 Å². The lowest BCUT2D eigenvalue weighted by Crippen LogP contribution is -2.49. The molecule has 0 radical (unpaired) electrons. The van der Waals surface area contributed by atoms with E-state index in [1.807, 2.05) is 20.0 Å². The molecule has 156 valence electrons. The maximum absolute atomic E-state index is 5.42. The first kappa shape index (κ1) is 21.0. The highest BCUT2D eigenvalue weighted by Gasteiger charge is 2.20. The van der Waals surface area contributed by atoms with Crippen LogP contribution >= 0.6 is 0 Å². The van der Waals surface area contributed by atoms with Gasteiger partial charge in [-0.25, -0.2) is 4.98 Å². The lowest BCUT2D eigenvalue weighted by atomic mass is 10.1. The van der Waals surface area contributed by atoms with Crippen LogP contribution in [0, 0.1) is 13.8 Å². The van der Waals surface area contributed by atoms with Gasteiger partial charge in [-0.05, 0) is 62.4 Å². The summed E-state index contributed by atoms with van der Waals surface area (Å²) in [5.74, 6) is 2.90. The Morgan fingerprint density at radius 3 is 2.69 bits per heavy atom. The number of benzene rings is 1. The van der Waals surface area contributed by atoms with Crippen LogP contribution in [0.1, 0.15) is 29.7 Å². The minimum absolute atomic E-state index is 0.432. The molecule has 1 saturated heterocycles. The molecule has 6 heteroatoms. The number of hydrogen-bond acceptors (Lipinski definition) is 4. The molecular formula is C23H33N5O. The SMILES string of the molecule is CN=C(NCCc1ccc(C)c(OC)c1)NC1CCN(c2cccc(C)n2)CC1. The smallest absolute Gasteiger partial charge is 0.191 e. The summed E-state index contributed by atoms with van der Waals surface area (Å²) < 4.78 is 5.42. The van der Waals surface area contributed by atoms with E-state index in [0.717, 1.165) is 67.7 Å². The number of pyridine rings is 1. The second-order valence-corrected chi connectivity index (χ2v) is 7.60. The molecule has 1 fully saturated rings. The van der Waals surface area contributed by atoms with Crippen molar-refractivity contribution in [2.45, 2.75) is 39.2 Å². The highest BCUT2D eigenvalue weighted by Crippen LogP contribution is 2.19. The van der Waals surface area contributed by atoms with Gasteiger partial charge in [-0.3, -0.25) is 4.99 Å². The first-order valence-electron chi connectivity index (χ1n) is 10.4. The van der Waals surface area contributed by atoms with Gasteiger partial charge in [0.15, 0.2) is 5.96 Å². The number of hydrogen-bond donors (Lipinski definition) is 2. The van der Waals surface area contributed by atoms with E-state index in [1.54, 1.807) is 7.11 Å². The van der Waals surface area contributed by atoms with Crippen molar-refractivity contribution in [3.63, 3.8) is 0 Å². The summed E-state index contributed by atoms with van der Waals surface area (Å²) in [4.78, 5) is 11.4. The average molecular weight is 396 g/mol. The van der Waals surface area contributed by atoms with Crippen molar-refractivity contribution in [3.8, 4) is 5.75 Å². The van der Waals surface area contributed by atoms with Gasteiger partial charge in [0.2, 0.25) is 0 Å². The normalized spacial score (nSPS) is 15.3. The highest BCUT2D eigenvalue weighted by atomic mass is 16.5. The molecule has 0 spiro atoms. The third-order valence-corrected chi connectivity index (χ3v) is 5.44. The Bertz CT molecular complexity index is 828. The lowest BCUT2D eigenvalue weighted by Gasteiger charge is -2.34. The maximum Gasteiger partial charge on any atom is 0.191 e. The number of ether oxygens (including phenoxy) is 1. The van der Waals surface area contributed by atoms with Gasteiger partial charge in [-0.1, -0.05) is 18.2 Å². The second-order valence-electron chi connectivity index (χ2n) is 7.60. The van der Waals surface area contributed by atoms with Crippen molar-refractivity contribution in [3.05, 3.63) is 53.2 Å². The van der Waals surface area contributed by atoms with E-state index in [9.17, 15) is 0 Å². The Morgan fingerprint density at radius 1 is 1.21 bits per heavy atom. The minimum Gasteiger partial charge on any atom is -0.496 e. The largest absolute Gasteiger partial charge is 0.496 e. The number of anilines is 1. The lowest BCUT2D eigenvalue weighted by molar-refractivity contribution is 0.411. The Balaban J connectivity index is 1.44. The minimum atomic E-state index is 0.432. The summed E-state index contributed by atoms with van der Waals surface area (Å²) in [5, 5.41) is 7.01. The van der Waals surface area contributed by atoms with Crippen LogP contribution in [-0.4, -0.2) is 50.8 Å². The fourth-order valence-electron chi connectivity index (χ4n) is 3.69. The Kier molecular flexibility index (Phi) is 7.33. The van der Waals surface area contributed by atoms with Gasteiger partial charge >= 0.3 is 0 Å². The fraction of sp³-hybridized carbons (Fsp3) is 0.478. The fourth-order valence-corrected chi connectivity index (χ4v) is 3.69. The van der Waals surface area contributed by atoms with Gasteiger partial charge in [0.25, 0.3) is 0 Å². The van der Waals surface area contributed by atoms with Crippen LogP contribution in [0.15, 0.2) is 41.4 Å². The van der Waals surface area contributed by atoms with E-state index in [4.69, 9.17) is 4.74 Å². The number of nitrogens with one attached hydrogen (secondary N) is 2. The van der Waals surface area contributed by atoms with Crippen LogP contribution < -0.4 is 20.3 Å². The van der Waals surface area contributed by atoms with Gasteiger partial charge in [0.1, 0.15) is 11.6 Å². The van der Waals surface area contributed by atoms with E-state index < -0.39 is 0 Å². The third kappa shape index (κ3) is 5.86. The monoisotopic (exact) mass is 395 g/mol. The molecule has 0 atom stereocenters. The van der Waals surface area contributed by atoms with Crippen molar-refractivity contribution >= 4 is 11.8 Å². The molecule has 1 aliphatic rings. The van der Waals surface area contributed by atoms with Crippen LogP contribution in [0.4, 0.5) is 5.82 Å². The molecular weight excluding hydrogens is 362 g/mol. The first-order chi connectivity index (χ1) is 14.1. The highest BCUT2D eigenvalue weighted by molar-refractivity contribution is 5.80. The van der Waals surface area contributed by atoms with E-state index >= 15 is 0 Å². The maximum atomic E-state index is 5.42. The number of methoxy groups -OCH3 is 1. The summed E-state index contributed by atoms with van der Waals surface area (Å²) in [6.45, 7) is 6.95. The first-order valence-corrected chi connectivity index (χ1v) is 10.4. The summed E-state index contributed by atoms with van der Waals surface area (Å²) in [7, 11) is 3.55. The molecule has 2 N–H and O–H groups in total. The van der Waals surface area contributed by atoms with Crippen molar-refractivity contribution in [2.24, 2.45) is 4.99 Å². The molecule has 1 aliphatic heterocycles. The molecule has 1 aromatic carbocycles. The predicted molar refractivity (Wildman–Crippen MR) is 120 cm³/mol. The standard InChI is InChI=1S/C23H33N5O/c1-17-8-9-19(16-21(17)29-4)10-13-25-23(24-3)27-20-11-14-28(15-12-20)22-7-5-6-18(2)26-22/h5-9,16,20H,10-15H2,1-4H3,(H2,24,25,27). The number of nitrogens with zero attached hydrogens (tertiary/aromatic N) is 3. The average Bonchev–Trinajstić information content (AvgIpc) is 2.74. The van der Waals surface area contributed by atoms with Crippen LogP contribution in [0.5, 0.6) is 5.75 Å². The van der Waals surface area contributed by atoms with Crippen molar-refractivity contribution in [2.75, 3.05) is 38.7 Å². The zero-order valence-electron chi connectivity index (χ0n) is 18.0. The van der Waals surface area contributed by atoms with Crippen LogP contribution in [0.25, 0.3) is 0 Å². The predicted octanol–water partition coefficient (Wildman–Crippen LogP) is 3.08. The van der Waals surface area contributed by atoms with Crippen LogP contribution in [0.3, 0.4) is 0 Å². The van der Waals surface area contributed by atoms with Gasteiger partial charge in [-0.2, -0.15) is 0 Å². The number of aliphatic imine (C=N–C) groups is 1. The van der Waals surface area contributed by atoms with Crippen molar-refractivity contribution in [1.29, 1.82) is 0 Å². The number of piperidine rings is 1. The number of aryl methyl sites for hydroxylation is 2. The molecule has 0 amide bonds. The molecule has 6 nitrogen and oxygen atoms in total. The Hall–Kier alpha value is -2.76. The van der Waals surface area contributed by atoms with Crippen molar-refractivity contribution < 1.29 is 4.74 Å². The van der Waals surface area contributed by atoms with Gasteiger partial charge in [-0.15, -0.1) is 0 Å². The molecule has 29 heavy (non-hydrogen) atoms. The third-order valence-electron chi connectivity index (χ3n) is 5.44. The zero-order chi connectivity index (χ0) is 20.6. The van der Waals surface area contributed by atoms with Crippen LogP contribution in [0.2, 0.25) is 0 Å². The Labute approximate surface area is 174 Å². The number of aromatic nitrogens is 1.